The van der Waals surface area contributed by atoms with Crippen molar-refractivity contribution < 1.29 is 9.53 Å². The lowest BCUT2D eigenvalue weighted by atomic mass is 9.93. The summed E-state index contributed by atoms with van der Waals surface area (Å²) in [5, 5.41) is 6.26. The fourth-order valence-corrected chi connectivity index (χ4v) is 3.76. The van der Waals surface area contributed by atoms with Crippen molar-refractivity contribution in [3.05, 3.63) is 36.2 Å². The molecule has 0 saturated carbocycles. The fraction of sp³-hybridized carbons (Fsp3) is 0.500. The Morgan fingerprint density at radius 1 is 1.31 bits per heavy atom. The molecule has 0 bridgehead atoms. The van der Waals surface area contributed by atoms with Crippen LogP contribution in [-0.2, 0) is 4.79 Å². The fourth-order valence-electron chi connectivity index (χ4n) is 3.76. The van der Waals surface area contributed by atoms with Gasteiger partial charge in [-0.05, 0) is 62.8 Å². The summed E-state index contributed by atoms with van der Waals surface area (Å²) in [6.07, 6.45) is 5.28. The maximum atomic E-state index is 12.4. The zero-order valence-corrected chi connectivity index (χ0v) is 17.6. The number of hydrogen-bond acceptors (Lipinski definition) is 6. The lowest BCUT2D eigenvalue weighted by Crippen LogP contribution is -2.36. The maximum Gasteiger partial charge on any atom is 0.224 e. The van der Waals surface area contributed by atoms with Crippen LogP contribution in [0.25, 0.3) is 0 Å². The molecule has 0 spiro atoms. The van der Waals surface area contributed by atoms with Crippen LogP contribution in [0.4, 0.5) is 17.3 Å². The second-order valence-corrected chi connectivity index (χ2v) is 7.51. The Kier molecular flexibility index (Phi) is 7.27. The van der Waals surface area contributed by atoms with E-state index in [9.17, 15) is 4.79 Å². The molecule has 1 saturated heterocycles. The number of methoxy groups -OCH3 is 1. The van der Waals surface area contributed by atoms with Gasteiger partial charge < -0.3 is 20.3 Å². The van der Waals surface area contributed by atoms with Gasteiger partial charge >= 0.3 is 0 Å². The van der Waals surface area contributed by atoms with Crippen molar-refractivity contribution in [2.24, 2.45) is 5.92 Å². The molecule has 3 rings (SSSR count). The maximum absolute atomic E-state index is 12.4. The molecule has 2 aromatic rings. The van der Waals surface area contributed by atoms with Crippen LogP contribution >= 0.6 is 0 Å². The summed E-state index contributed by atoms with van der Waals surface area (Å²) < 4.78 is 5.22. The highest BCUT2D eigenvalue weighted by Gasteiger charge is 2.22. The van der Waals surface area contributed by atoms with Crippen molar-refractivity contribution in [2.75, 3.05) is 42.3 Å². The molecular weight excluding hydrogens is 366 g/mol. The number of benzene rings is 1. The molecule has 1 aromatic carbocycles. The first-order chi connectivity index (χ1) is 14.1. The van der Waals surface area contributed by atoms with E-state index in [2.05, 4.69) is 32.4 Å². The largest absolute Gasteiger partial charge is 0.497 e. The van der Waals surface area contributed by atoms with Crippen LogP contribution in [0.15, 0.2) is 30.6 Å². The summed E-state index contributed by atoms with van der Waals surface area (Å²) in [4.78, 5) is 23.4. The lowest BCUT2D eigenvalue weighted by Gasteiger charge is -2.33. The standard InChI is InChI=1S/C22H31N5O2/c1-4-23-20-13-21(25-15-24-20)27-11-5-6-17(14-27)7-10-22(28)26-19-9-8-18(29-3)12-16(19)2/h8-9,12-13,15,17H,4-7,10-11,14H2,1-3H3,(H,26,28)(H,23,24,25)/t17-/m0/s1. The first-order valence-electron chi connectivity index (χ1n) is 10.3. The molecule has 29 heavy (non-hydrogen) atoms. The molecule has 1 amide bonds. The third kappa shape index (κ3) is 5.82. The Hall–Kier alpha value is -2.83. The quantitative estimate of drug-likeness (QED) is 0.704. The highest BCUT2D eigenvalue weighted by molar-refractivity contribution is 5.91. The molecule has 1 fully saturated rings. The number of hydrogen-bond donors (Lipinski definition) is 2. The van der Waals surface area contributed by atoms with E-state index in [1.807, 2.05) is 31.2 Å². The van der Waals surface area contributed by atoms with Crippen molar-refractivity contribution in [3.8, 4) is 5.75 Å². The summed E-state index contributed by atoms with van der Waals surface area (Å²) >= 11 is 0. The van der Waals surface area contributed by atoms with Gasteiger partial charge in [-0.2, -0.15) is 0 Å². The Morgan fingerprint density at radius 2 is 2.17 bits per heavy atom. The number of piperidine rings is 1. The van der Waals surface area contributed by atoms with Crippen molar-refractivity contribution in [1.29, 1.82) is 0 Å². The molecule has 156 valence electrons. The second-order valence-electron chi connectivity index (χ2n) is 7.51. The van der Waals surface area contributed by atoms with Crippen molar-refractivity contribution >= 4 is 23.2 Å². The van der Waals surface area contributed by atoms with Crippen LogP contribution < -0.4 is 20.3 Å². The number of nitrogens with zero attached hydrogens (tertiary/aromatic N) is 3. The third-order valence-corrected chi connectivity index (χ3v) is 5.34. The second kappa shape index (κ2) is 10.1. The summed E-state index contributed by atoms with van der Waals surface area (Å²) in [5.74, 6) is 3.16. The Bertz CT molecular complexity index is 827. The van der Waals surface area contributed by atoms with Gasteiger partial charge in [-0.3, -0.25) is 4.79 Å². The SMILES string of the molecule is CCNc1cc(N2CCC[C@@H](CCC(=O)Nc3ccc(OC)cc3C)C2)ncn1. The number of anilines is 3. The summed E-state index contributed by atoms with van der Waals surface area (Å²) in [7, 11) is 1.64. The van der Waals surface area contributed by atoms with Gasteiger partial charge in [0.1, 0.15) is 23.7 Å². The predicted molar refractivity (Wildman–Crippen MR) is 117 cm³/mol. The van der Waals surface area contributed by atoms with Crippen LogP contribution in [0.3, 0.4) is 0 Å². The first kappa shape index (κ1) is 20.9. The predicted octanol–water partition coefficient (Wildman–Crippen LogP) is 3.86. The van der Waals surface area contributed by atoms with Gasteiger partial charge in [0.05, 0.1) is 7.11 Å². The molecule has 2 heterocycles. The van der Waals surface area contributed by atoms with Gasteiger partial charge in [-0.1, -0.05) is 0 Å². The third-order valence-electron chi connectivity index (χ3n) is 5.34. The van der Waals surface area contributed by atoms with Crippen LogP contribution in [0.2, 0.25) is 0 Å². The van der Waals surface area contributed by atoms with Gasteiger partial charge in [0.15, 0.2) is 0 Å². The first-order valence-corrected chi connectivity index (χ1v) is 10.3. The van der Waals surface area contributed by atoms with Crippen molar-refractivity contribution in [1.82, 2.24) is 9.97 Å². The van der Waals surface area contributed by atoms with E-state index < -0.39 is 0 Å². The Morgan fingerprint density at radius 3 is 2.93 bits per heavy atom. The summed E-state index contributed by atoms with van der Waals surface area (Å²) in [5.41, 5.74) is 1.85. The number of carbonyl (C=O) groups excluding carboxylic acids is 1. The number of aromatic nitrogens is 2. The lowest BCUT2D eigenvalue weighted by molar-refractivity contribution is -0.116. The van der Waals surface area contributed by atoms with Gasteiger partial charge in [-0.15, -0.1) is 0 Å². The monoisotopic (exact) mass is 397 g/mol. The van der Waals surface area contributed by atoms with E-state index in [1.54, 1.807) is 13.4 Å². The molecule has 0 unspecified atom stereocenters. The number of aryl methyl sites for hydroxylation is 1. The van der Waals surface area contributed by atoms with Crippen molar-refractivity contribution in [3.63, 3.8) is 0 Å². The summed E-state index contributed by atoms with van der Waals surface area (Å²) in [6, 6.07) is 7.69. The van der Waals surface area contributed by atoms with Gasteiger partial charge in [0.2, 0.25) is 5.91 Å². The van der Waals surface area contributed by atoms with Crippen LogP contribution in [0.5, 0.6) is 5.75 Å². The number of amides is 1. The zero-order valence-electron chi connectivity index (χ0n) is 17.6. The average molecular weight is 398 g/mol. The zero-order chi connectivity index (χ0) is 20.6. The number of ether oxygens (including phenoxy) is 1. The Balaban J connectivity index is 1.51. The van der Waals surface area contributed by atoms with E-state index in [0.29, 0.717) is 12.3 Å². The molecular formula is C22H31N5O2. The average Bonchev–Trinajstić information content (AvgIpc) is 2.74. The number of nitrogens with one attached hydrogen (secondary N) is 2. The minimum atomic E-state index is 0.0619. The van der Waals surface area contributed by atoms with E-state index >= 15 is 0 Å². The van der Waals surface area contributed by atoms with Crippen LogP contribution in [0.1, 0.15) is 38.2 Å². The Labute approximate surface area is 172 Å². The molecule has 1 aromatic heterocycles. The summed E-state index contributed by atoms with van der Waals surface area (Å²) in [6.45, 7) is 6.79. The van der Waals surface area contributed by atoms with E-state index in [1.165, 1.54) is 0 Å². The van der Waals surface area contributed by atoms with Crippen LogP contribution in [0, 0.1) is 12.8 Å². The highest BCUT2D eigenvalue weighted by Crippen LogP contribution is 2.26. The van der Waals surface area contributed by atoms with Crippen LogP contribution in [-0.4, -0.2) is 42.6 Å². The van der Waals surface area contributed by atoms with E-state index in [-0.39, 0.29) is 5.91 Å². The minimum Gasteiger partial charge on any atom is -0.497 e. The van der Waals surface area contributed by atoms with Gasteiger partial charge in [0.25, 0.3) is 0 Å². The highest BCUT2D eigenvalue weighted by atomic mass is 16.5. The molecule has 0 radical (unpaired) electrons. The molecule has 1 aliphatic heterocycles. The van der Waals surface area contributed by atoms with Gasteiger partial charge in [-0.25, -0.2) is 9.97 Å². The molecule has 2 N–H and O–H groups in total. The molecule has 7 nitrogen and oxygen atoms in total. The van der Waals surface area contributed by atoms with Crippen molar-refractivity contribution in [2.45, 2.75) is 39.5 Å². The van der Waals surface area contributed by atoms with Gasteiger partial charge in [0, 0.05) is 37.8 Å². The molecule has 7 heteroatoms. The van der Waals surface area contributed by atoms with E-state index in [0.717, 1.165) is 67.5 Å². The molecule has 1 aliphatic rings. The number of rotatable bonds is 8. The smallest absolute Gasteiger partial charge is 0.224 e. The molecule has 1 atom stereocenters. The number of carbonyl (C=O) groups is 1. The van der Waals surface area contributed by atoms with E-state index in [4.69, 9.17) is 4.74 Å². The normalized spacial score (nSPS) is 16.4. The molecule has 0 aliphatic carbocycles. The minimum absolute atomic E-state index is 0.0619. The topological polar surface area (TPSA) is 79.4 Å².